The van der Waals surface area contributed by atoms with Crippen molar-refractivity contribution in [1.82, 2.24) is 10.3 Å². The van der Waals surface area contributed by atoms with Crippen LogP contribution in [0.1, 0.15) is 35.7 Å². The minimum absolute atomic E-state index is 0.0781. The predicted octanol–water partition coefficient (Wildman–Crippen LogP) is 4.83. The van der Waals surface area contributed by atoms with Crippen LogP contribution >= 0.6 is 23.2 Å². The molecule has 29 heavy (non-hydrogen) atoms. The van der Waals surface area contributed by atoms with Gasteiger partial charge in [0.25, 0.3) is 0 Å². The fourth-order valence-electron chi connectivity index (χ4n) is 4.37. The number of halogens is 5. The van der Waals surface area contributed by atoms with Crippen molar-refractivity contribution < 1.29 is 18.0 Å². The number of pyridine rings is 1. The van der Waals surface area contributed by atoms with Crippen molar-refractivity contribution in [3.05, 3.63) is 57.3 Å². The highest BCUT2D eigenvalue weighted by molar-refractivity contribution is 6.34. The highest BCUT2D eigenvalue weighted by Crippen LogP contribution is 2.49. The number of nitrogens with one attached hydrogen (secondary N) is 1. The number of anilines is 1. The second-order valence-electron chi connectivity index (χ2n) is 7.52. The van der Waals surface area contributed by atoms with Gasteiger partial charge in [0.1, 0.15) is 5.41 Å². The lowest BCUT2D eigenvalue weighted by atomic mass is 9.79. The Kier molecular flexibility index (Phi) is 5.15. The summed E-state index contributed by atoms with van der Waals surface area (Å²) in [5, 5.41) is 3.09. The first-order valence-electron chi connectivity index (χ1n) is 9.20. The van der Waals surface area contributed by atoms with Gasteiger partial charge in [0.05, 0.1) is 23.6 Å². The molecule has 0 saturated carbocycles. The van der Waals surface area contributed by atoms with Gasteiger partial charge in [-0.15, -0.1) is 0 Å². The van der Waals surface area contributed by atoms with E-state index >= 15 is 0 Å². The van der Waals surface area contributed by atoms with Crippen LogP contribution in [0.15, 0.2) is 30.5 Å². The molecule has 0 spiro atoms. The molecular formula is C20H18Cl2F3N3O. The average molecular weight is 444 g/mol. The van der Waals surface area contributed by atoms with Gasteiger partial charge in [0, 0.05) is 23.1 Å². The SMILES string of the molecule is O=CNC1CCc2cc(N3CCC(c4cc(Cl)cc(Cl)c4)(C(F)(F)F)C3)cnc21. The van der Waals surface area contributed by atoms with E-state index in [1.807, 2.05) is 6.07 Å². The molecule has 2 heterocycles. The summed E-state index contributed by atoms with van der Waals surface area (Å²) >= 11 is 12.0. The molecule has 1 aromatic heterocycles. The maximum atomic E-state index is 14.2. The molecule has 2 aromatic rings. The predicted molar refractivity (Wildman–Crippen MR) is 106 cm³/mol. The Bertz CT molecular complexity index is 933. The van der Waals surface area contributed by atoms with Crippen molar-refractivity contribution in [2.45, 2.75) is 36.9 Å². The summed E-state index contributed by atoms with van der Waals surface area (Å²) in [5.41, 5.74) is 0.410. The van der Waals surface area contributed by atoms with Gasteiger partial charge in [-0.1, -0.05) is 23.2 Å². The fourth-order valence-corrected chi connectivity index (χ4v) is 4.89. The Morgan fingerprint density at radius 2 is 1.93 bits per heavy atom. The molecule has 1 saturated heterocycles. The summed E-state index contributed by atoms with van der Waals surface area (Å²) in [6, 6.07) is 5.87. The zero-order valence-corrected chi connectivity index (χ0v) is 16.8. The van der Waals surface area contributed by atoms with E-state index in [1.165, 1.54) is 18.2 Å². The molecule has 4 nitrogen and oxygen atoms in total. The third-order valence-electron chi connectivity index (χ3n) is 5.88. The Balaban J connectivity index is 1.66. The number of benzene rings is 1. The Morgan fingerprint density at radius 1 is 1.21 bits per heavy atom. The van der Waals surface area contributed by atoms with Gasteiger partial charge in [-0.05, 0) is 54.7 Å². The molecule has 1 N–H and O–H groups in total. The summed E-state index contributed by atoms with van der Waals surface area (Å²) in [6.07, 6.45) is -0.870. The van der Waals surface area contributed by atoms with Crippen LogP contribution in [0.5, 0.6) is 0 Å². The summed E-state index contributed by atoms with van der Waals surface area (Å²) in [7, 11) is 0. The van der Waals surface area contributed by atoms with E-state index in [0.717, 1.165) is 24.1 Å². The number of hydrogen-bond acceptors (Lipinski definition) is 3. The second-order valence-corrected chi connectivity index (χ2v) is 8.40. The molecule has 0 radical (unpaired) electrons. The van der Waals surface area contributed by atoms with Crippen LogP contribution in [-0.4, -0.2) is 30.7 Å². The standard InChI is InChI=1S/C20H18Cl2F3N3O/c21-14-6-13(7-15(22)8-14)19(20(23,24)25)3-4-28(10-19)16-5-12-1-2-17(27-11-29)18(12)26-9-16/h5-9,11,17H,1-4,10H2,(H,27,29). The molecule has 154 valence electrons. The van der Waals surface area contributed by atoms with Gasteiger partial charge in [-0.3, -0.25) is 9.78 Å². The molecule has 2 aliphatic rings. The van der Waals surface area contributed by atoms with Crippen LogP contribution in [0, 0.1) is 0 Å². The van der Waals surface area contributed by atoms with E-state index in [2.05, 4.69) is 10.3 Å². The molecule has 1 aliphatic heterocycles. The number of aromatic nitrogens is 1. The normalized spacial score (nSPS) is 23.9. The quantitative estimate of drug-likeness (QED) is 0.688. The van der Waals surface area contributed by atoms with Gasteiger partial charge in [-0.2, -0.15) is 13.2 Å². The molecule has 4 rings (SSSR count). The number of fused-ring (bicyclic) bond motifs is 1. The third-order valence-corrected chi connectivity index (χ3v) is 6.32. The molecule has 2 atom stereocenters. The smallest absolute Gasteiger partial charge is 0.369 e. The lowest BCUT2D eigenvalue weighted by Gasteiger charge is -2.33. The van der Waals surface area contributed by atoms with Crippen molar-refractivity contribution >= 4 is 35.3 Å². The Hall–Kier alpha value is -1.99. The summed E-state index contributed by atoms with van der Waals surface area (Å²) < 4.78 is 42.7. The van der Waals surface area contributed by atoms with Crippen molar-refractivity contribution in [2.24, 2.45) is 0 Å². The summed E-state index contributed by atoms with van der Waals surface area (Å²) in [5.74, 6) is 0. The first-order chi connectivity index (χ1) is 13.7. The van der Waals surface area contributed by atoms with Gasteiger partial charge in [0.15, 0.2) is 0 Å². The van der Waals surface area contributed by atoms with E-state index in [-0.39, 0.29) is 41.2 Å². The Morgan fingerprint density at radius 3 is 2.59 bits per heavy atom. The van der Waals surface area contributed by atoms with Gasteiger partial charge >= 0.3 is 6.18 Å². The summed E-state index contributed by atoms with van der Waals surface area (Å²) in [4.78, 5) is 16.9. The minimum Gasteiger partial charge on any atom is -0.369 e. The Labute approximate surface area is 176 Å². The molecule has 1 amide bonds. The molecule has 2 unspecified atom stereocenters. The van der Waals surface area contributed by atoms with Crippen LogP contribution in [0.3, 0.4) is 0 Å². The molecule has 1 aliphatic carbocycles. The molecule has 9 heteroatoms. The van der Waals surface area contributed by atoms with Crippen LogP contribution in [0.4, 0.5) is 18.9 Å². The third kappa shape index (κ3) is 3.55. The lowest BCUT2D eigenvalue weighted by Crippen LogP contribution is -2.44. The topological polar surface area (TPSA) is 45.2 Å². The molecular weight excluding hydrogens is 426 g/mol. The average Bonchev–Trinajstić information content (AvgIpc) is 3.26. The number of carbonyl (C=O) groups is 1. The van der Waals surface area contributed by atoms with Crippen molar-refractivity contribution in [2.75, 3.05) is 18.0 Å². The van der Waals surface area contributed by atoms with Crippen LogP contribution in [0.25, 0.3) is 0 Å². The highest BCUT2D eigenvalue weighted by Gasteiger charge is 2.59. The van der Waals surface area contributed by atoms with E-state index in [0.29, 0.717) is 12.1 Å². The first-order valence-corrected chi connectivity index (χ1v) is 9.96. The van der Waals surface area contributed by atoms with Gasteiger partial charge in [0.2, 0.25) is 6.41 Å². The van der Waals surface area contributed by atoms with Crippen molar-refractivity contribution in [3.63, 3.8) is 0 Å². The van der Waals surface area contributed by atoms with E-state index in [9.17, 15) is 18.0 Å². The first kappa shape index (κ1) is 20.3. The number of aryl methyl sites for hydroxylation is 1. The zero-order chi connectivity index (χ0) is 20.8. The number of nitrogens with zero attached hydrogens (tertiary/aromatic N) is 2. The lowest BCUT2D eigenvalue weighted by molar-refractivity contribution is -0.184. The summed E-state index contributed by atoms with van der Waals surface area (Å²) in [6.45, 7) is 0.00375. The highest BCUT2D eigenvalue weighted by atomic mass is 35.5. The van der Waals surface area contributed by atoms with Crippen molar-refractivity contribution in [3.8, 4) is 0 Å². The number of carbonyl (C=O) groups excluding carboxylic acids is 1. The fraction of sp³-hybridized carbons (Fsp3) is 0.400. The van der Waals surface area contributed by atoms with Gasteiger partial charge < -0.3 is 10.2 Å². The molecule has 0 bridgehead atoms. The number of alkyl halides is 3. The van der Waals surface area contributed by atoms with Crippen LogP contribution < -0.4 is 10.2 Å². The van der Waals surface area contributed by atoms with Crippen LogP contribution in [-0.2, 0) is 16.6 Å². The zero-order valence-electron chi connectivity index (χ0n) is 15.3. The second kappa shape index (κ2) is 7.36. The van der Waals surface area contributed by atoms with E-state index in [4.69, 9.17) is 23.2 Å². The molecule has 1 aromatic carbocycles. The van der Waals surface area contributed by atoms with E-state index < -0.39 is 11.6 Å². The molecule has 1 fully saturated rings. The largest absolute Gasteiger partial charge is 0.400 e. The monoisotopic (exact) mass is 443 g/mol. The number of amides is 1. The minimum atomic E-state index is -4.46. The van der Waals surface area contributed by atoms with E-state index in [1.54, 1.807) is 11.1 Å². The van der Waals surface area contributed by atoms with Crippen LogP contribution in [0.2, 0.25) is 10.0 Å². The maximum absolute atomic E-state index is 14.2. The number of hydrogen-bond donors (Lipinski definition) is 1. The van der Waals surface area contributed by atoms with Crippen molar-refractivity contribution in [1.29, 1.82) is 0 Å². The van der Waals surface area contributed by atoms with Gasteiger partial charge in [-0.25, -0.2) is 0 Å². The maximum Gasteiger partial charge on any atom is 0.400 e. The number of rotatable bonds is 4.